The molecule has 0 aliphatic carbocycles. The third kappa shape index (κ3) is 4.46. The number of aromatic amines is 1. The summed E-state index contributed by atoms with van der Waals surface area (Å²) in [6.07, 6.45) is 2.52. The number of pyridine rings is 1. The number of ether oxygens (including phenoxy) is 1. The summed E-state index contributed by atoms with van der Waals surface area (Å²) in [6.45, 7) is 5.28. The van der Waals surface area contributed by atoms with Crippen molar-refractivity contribution in [2.75, 3.05) is 5.32 Å². The Labute approximate surface area is 154 Å². The first kappa shape index (κ1) is 18.5. The highest BCUT2D eigenvalue weighted by Crippen LogP contribution is 2.31. The van der Waals surface area contributed by atoms with Crippen LogP contribution in [0.15, 0.2) is 42.7 Å². The van der Waals surface area contributed by atoms with Crippen molar-refractivity contribution < 1.29 is 18.3 Å². The van der Waals surface area contributed by atoms with Gasteiger partial charge in [0.1, 0.15) is 11.4 Å². The standard InChI is InChI=1S/C19H18F2N4O2/c1-19(2,3)27-18(26)24-16-9-11(6-7-22-16)13-10-23-25-17(13)12-4-5-14(20)15(21)8-12/h4-10H,1-3H3,(H,23,25)(H,22,24,26). The minimum atomic E-state index is -0.955. The Kier molecular flexibility index (Phi) is 4.89. The number of aromatic nitrogens is 3. The lowest BCUT2D eigenvalue weighted by Gasteiger charge is -2.19. The molecule has 0 saturated heterocycles. The molecule has 2 heterocycles. The Balaban J connectivity index is 1.89. The second-order valence-corrected chi connectivity index (χ2v) is 6.83. The number of H-pyrrole nitrogens is 1. The van der Waals surface area contributed by atoms with E-state index >= 15 is 0 Å². The number of hydrogen-bond acceptors (Lipinski definition) is 4. The molecule has 0 saturated carbocycles. The molecular weight excluding hydrogens is 354 g/mol. The molecule has 0 aliphatic rings. The second-order valence-electron chi connectivity index (χ2n) is 6.83. The van der Waals surface area contributed by atoms with E-state index in [2.05, 4.69) is 20.5 Å². The second kappa shape index (κ2) is 7.14. The fraction of sp³-hybridized carbons (Fsp3) is 0.211. The van der Waals surface area contributed by atoms with Gasteiger partial charge in [0, 0.05) is 23.5 Å². The molecule has 27 heavy (non-hydrogen) atoms. The molecule has 1 amide bonds. The summed E-state index contributed by atoms with van der Waals surface area (Å²) >= 11 is 0. The number of anilines is 1. The molecule has 0 aliphatic heterocycles. The van der Waals surface area contributed by atoms with E-state index in [9.17, 15) is 13.6 Å². The predicted molar refractivity (Wildman–Crippen MR) is 97.0 cm³/mol. The molecule has 8 heteroatoms. The van der Waals surface area contributed by atoms with Crippen LogP contribution in [0.2, 0.25) is 0 Å². The molecule has 0 fully saturated rings. The smallest absolute Gasteiger partial charge is 0.413 e. The van der Waals surface area contributed by atoms with Crippen molar-refractivity contribution >= 4 is 11.9 Å². The van der Waals surface area contributed by atoms with Crippen LogP contribution in [0.4, 0.5) is 19.4 Å². The van der Waals surface area contributed by atoms with Crippen molar-refractivity contribution in [3.63, 3.8) is 0 Å². The fourth-order valence-electron chi connectivity index (χ4n) is 2.45. The normalized spacial score (nSPS) is 11.3. The highest BCUT2D eigenvalue weighted by Gasteiger charge is 2.17. The van der Waals surface area contributed by atoms with E-state index in [1.807, 2.05) is 0 Å². The number of carbonyl (C=O) groups excluding carboxylic acids is 1. The fourth-order valence-corrected chi connectivity index (χ4v) is 2.45. The van der Waals surface area contributed by atoms with E-state index in [-0.39, 0.29) is 0 Å². The van der Waals surface area contributed by atoms with Crippen molar-refractivity contribution in [3.8, 4) is 22.4 Å². The lowest BCUT2D eigenvalue weighted by Crippen LogP contribution is -2.27. The first-order valence-corrected chi connectivity index (χ1v) is 8.18. The largest absolute Gasteiger partial charge is 0.444 e. The van der Waals surface area contributed by atoms with Gasteiger partial charge in [0.25, 0.3) is 0 Å². The van der Waals surface area contributed by atoms with Crippen LogP contribution in [0.3, 0.4) is 0 Å². The monoisotopic (exact) mass is 372 g/mol. The Morgan fingerprint density at radius 3 is 2.59 bits per heavy atom. The molecule has 6 nitrogen and oxygen atoms in total. The third-order valence-corrected chi connectivity index (χ3v) is 3.53. The highest BCUT2D eigenvalue weighted by atomic mass is 19.2. The van der Waals surface area contributed by atoms with Gasteiger partial charge in [0.15, 0.2) is 11.6 Å². The van der Waals surface area contributed by atoms with E-state index in [0.29, 0.717) is 28.2 Å². The average molecular weight is 372 g/mol. The topological polar surface area (TPSA) is 79.9 Å². The van der Waals surface area contributed by atoms with Gasteiger partial charge in [0.05, 0.1) is 5.69 Å². The van der Waals surface area contributed by atoms with Gasteiger partial charge in [-0.2, -0.15) is 5.10 Å². The van der Waals surface area contributed by atoms with Gasteiger partial charge in [-0.25, -0.2) is 18.6 Å². The number of nitrogens with zero attached hydrogens (tertiary/aromatic N) is 2. The van der Waals surface area contributed by atoms with E-state index < -0.39 is 23.3 Å². The molecule has 0 spiro atoms. The van der Waals surface area contributed by atoms with Gasteiger partial charge in [-0.15, -0.1) is 0 Å². The van der Waals surface area contributed by atoms with Crippen LogP contribution in [0.1, 0.15) is 20.8 Å². The summed E-state index contributed by atoms with van der Waals surface area (Å²) in [5.41, 5.74) is 1.57. The maximum atomic E-state index is 13.6. The molecule has 0 bridgehead atoms. The van der Waals surface area contributed by atoms with Crippen LogP contribution in [0.5, 0.6) is 0 Å². The van der Waals surface area contributed by atoms with E-state index in [4.69, 9.17) is 4.74 Å². The highest BCUT2D eigenvalue weighted by molar-refractivity contribution is 5.86. The molecule has 1 aromatic carbocycles. The molecule has 3 rings (SSSR count). The number of hydrogen-bond donors (Lipinski definition) is 2. The zero-order valence-corrected chi connectivity index (χ0v) is 15.0. The quantitative estimate of drug-likeness (QED) is 0.694. The first-order chi connectivity index (χ1) is 12.7. The molecule has 140 valence electrons. The minimum absolute atomic E-state index is 0.291. The maximum absolute atomic E-state index is 13.6. The van der Waals surface area contributed by atoms with E-state index in [0.717, 1.165) is 12.1 Å². The number of rotatable bonds is 3. The van der Waals surface area contributed by atoms with Gasteiger partial charge >= 0.3 is 6.09 Å². The summed E-state index contributed by atoms with van der Waals surface area (Å²) in [5.74, 6) is -1.59. The van der Waals surface area contributed by atoms with Crippen molar-refractivity contribution in [2.24, 2.45) is 0 Å². The van der Waals surface area contributed by atoms with Crippen molar-refractivity contribution in [3.05, 3.63) is 54.4 Å². The number of benzene rings is 1. The number of nitrogens with one attached hydrogen (secondary N) is 2. The molecule has 0 atom stereocenters. The van der Waals surface area contributed by atoms with E-state index in [1.54, 1.807) is 39.1 Å². The third-order valence-electron chi connectivity index (χ3n) is 3.53. The Morgan fingerprint density at radius 1 is 1.11 bits per heavy atom. The van der Waals surface area contributed by atoms with Crippen molar-refractivity contribution in [2.45, 2.75) is 26.4 Å². The summed E-state index contributed by atoms with van der Waals surface area (Å²) in [6, 6.07) is 6.92. The Bertz CT molecular complexity index is 980. The summed E-state index contributed by atoms with van der Waals surface area (Å²) in [4.78, 5) is 16.0. The number of carbonyl (C=O) groups is 1. The van der Waals surface area contributed by atoms with Crippen molar-refractivity contribution in [1.82, 2.24) is 15.2 Å². The van der Waals surface area contributed by atoms with Crippen LogP contribution in [0.25, 0.3) is 22.4 Å². The van der Waals surface area contributed by atoms with Crippen LogP contribution >= 0.6 is 0 Å². The number of amides is 1. The lowest BCUT2D eigenvalue weighted by molar-refractivity contribution is 0.0635. The zero-order chi connectivity index (χ0) is 19.6. The molecule has 2 aromatic heterocycles. The predicted octanol–water partition coefficient (Wildman–Crippen LogP) is 4.76. The number of halogens is 2. The molecule has 0 unspecified atom stereocenters. The van der Waals surface area contributed by atoms with Crippen LogP contribution < -0.4 is 5.32 Å². The van der Waals surface area contributed by atoms with Gasteiger partial charge in [-0.1, -0.05) is 0 Å². The summed E-state index contributed by atoms with van der Waals surface area (Å²) in [5, 5.41) is 9.41. The minimum Gasteiger partial charge on any atom is -0.444 e. The first-order valence-electron chi connectivity index (χ1n) is 8.18. The zero-order valence-electron chi connectivity index (χ0n) is 15.0. The van der Waals surface area contributed by atoms with E-state index in [1.165, 1.54) is 12.3 Å². The van der Waals surface area contributed by atoms with Crippen LogP contribution in [-0.2, 0) is 4.74 Å². The van der Waals surface area contributed by atoms with Gasteiger partial charge in [0.2, 0.25) is 0 Å². The van der Waals surface area contributed by atoms with Crippen molar-refractivity contribution in [1.29, 1.82) is 0 Å². The van der Waals surface area contributed by atoms with Gasteiger partial charge in [-0.05, 0) is 56.7 Å². The summed E-state index contributed by atoms with van der Waals surface area (Å²) < 4.78 is 32.0. The molecular formula is C19H18F2N4O2. The Hall–Kier alpha value is -3.29. The SMILES string of the molecule is CC(C)(C)OC(=O)Nc1cc(-c2c[nH]nc2-c2ccc(F)c(F)c2)ccn1. The van der Waals surface area contributed by atoms with Crippen LogP contribution in [0, 0.1) is 11.6 Å². The Morgan fingerprint density at radius 2 is 1.89 bits per heavy atom. The average Bonchev–Trinajstić information content (AvgIpc) is 3.05. The van der Waals surface area contributed by atoms with Crippen LogP contribution in [-0.4, -0.2) is 26.9 Å². The van der Waals surface area contributed by atoms with Gasteiger partial charge < -0.3 is 4.74 Å². The molecule has 3 aromatic rings. The lowest BCUT2D eigenvalue weighted by atomic mass is 10.0. The molecule has 2 N–H and O–H groups in total. The van der Waals surface area contributed by atoms with Gasteiger partial charge in [-0.3, -0.25) is 10.4 Å². The summed E-state index contributed by atoms with van der Waals surface area (Å²) in [7, 11) is 0. The molecule has 0 radical (unpaired) electrons. The maximum Gasteiger partial charge on any atom is 0.413 e.